The molecule has 0 bridgehead atoms. The minimum atomic E-state index is -0.921. The summed E-state index contributed by atoms with van der Waals surface area (Å²) in [5.41, 5.74) is 1.05. The van der Waals surface area contributed by atoms with Crippen molar-refractivity contribution in [2.24, 2.45) is 13.0 Å². The molecule has 1 unspecified atom stereocenters. The fraction of sp³-hybridized carbons (Fsp3) is 0.553. The van der Waals surface area contributed by atoms with E-state index in [9.17, 15) is 18.4 Å². The van der Waals surface area contributed by atoms with Gasteiger partial charge in [0.05, 0.1) is 5.56 Å². The van der Waals surface area contributed by atoms with Crippen molar-refractivity contribution < 1.29 is 42.1 Å². The van der Waals surface area contributed by atoms with Crippen LogP contribution in [0, 0.1) is 17.6 Å². The minimum absolute atomic E-state index is 0.189. The van der Waals surface area contributed by atoms with Crippen LogP contribution in [-0.4, -0.2) is 83.4 Å². The second-order valence-corrected chi connectivity index (χ2v) is 14.4. The lowest BCUT2D eigenvalue weighted by Gasteiger charge is -2.49. The molecule has 11 nitrogen and oxygen atoms in total. The van der Waals surface area contributed by atoms with Gasteiger partial charge in [0.2, 0.25) is 0 Å². The average molecular weight is 711 g/mol. The Labute approximate surface area is 297 Å². The fourth-order valence-corrected chi connectivity index (χ4v) is 7.49. The molecule has 51 heavy (non-hydrogen) atoms. The number of Topliss-reactive ketones (excluding diaryl/α,β-unsaturated/α-hetero) is 1. The van der Waals surface area contributed by atoms with Crippen LogP contribution in [0.3, 0.4) is 0 Å². The summed E-state index contributed by atoms with van der Waals surface area (Å²) >= 11 is 0. The third-order valence-electron chi connectivity index (χ3n) is 9.80. The maximum Gasteiger partial charge on any atom is 0.410 e. The molecule has 2 fully saturated rings. The number of aryl methyl sites for hydroxylation is 1. The third-order valence-corrected chi connectivity index (χ3v) is 9.80. The first-order valence-electron chi connectivity index (χ1n) is 17.8. The molecule has 1 aromatic heterocycles. The summed E-state index contributed by atoms with van der Waals surface area (Å²) in [5.74, 6) is -0.722. The highest BCUT2D eigenvalue weighted by Crippen LogP contribution is 2.49. The smallest absolute Gasteiger partial charge is 0.410 e. The van der Waals surface area contributed by atoms with Crippen molar-refractivity contribution in [3.63, 3.8) is 0 Å². The van der Waals surface area contributed by atoms with Crippen LogP contribution in [0.25, 0.3) is 11.3 Å². The molecule has 13 heteroatoms. The van der Waals surface area contributed by atoms with Gasteiger partial charge in [0.25, 0.3) is 0 Å². The van der Waals surface area contributed by atoms with E-state index in [2.05, 4.69) is 10.4 Å². The second kappa shape index (κ2) is 14.5. The highest BCUT2D eigenvalue weighted by atomic mass is 19.1. The largest absolute Gasteiger partial charge is 0.485 e. The van der Waals surface area contributed by atoms with Crippen molar-refractivity contribution in [2.75, 3.05) is 39.4 Å². The Kier molecular flexibility index (Phi) is 10.4. The van der Waals surface area contributed by atoms with Crippen LogP contribution in [0.2, 0.25) is 0 Å². The number of piperidine rings is 2. The van der Waals surface area contributed by atoms with Crippen LogP contribution in [0.15, 0.2) is 42.6 Å². The quantitative estimate of drug-likeness (QED) is 0.302. The van der Waals surface area contributed by atoms with Crippen molar-refractivity contribution in [3.8, 4) is 22.8 Å². The molecule has 3 aromatic rings. The molecule has 2 spiro atoms. The topological polar surface area (TPSA) is 113 Å². The second-order valence-electron chi connectivity index (χ2n) is 14.4. The summed E-state index contributed by atoms with van der Waals surface area (Å²) in [6, 6.07) is 8.63. The van der Waals surface area contributed by atoms with E-state index in [4.69, 9.17) is 23.7 Å². The van der Waals surface area contributed by atoms with Gasteiger partial charge in [0.1, 0.15) is 51.5 Å². The summed E-state index contributed by atoms with van der Waals surface area (Å²) in [6.45, 7) is 12.4. The van der Waals surface area contributed by atoms with Gasteiger partial charge in [-0.1, -0.05) is 0 Å². The van der Waals surface area contributed by atoms with E-state index < -0.39 is 35.3 Å². The first-order chi connectivity index (χ1) is 24.3. The summed E-state index contributed by atoms with van der Waals surface area (Å²) in [6.07, 6.45) is 3.40. The van der Waals surface area contributed by atoms with Gasteiger partial charge >= 0.3 is 6.09 Å². The van der Waals surface area contributed by atoms with Crippen LogP contribution in [0.5, 0.6) is 11.5 Å². The molecule has 1 amide bonds. The highest BCUT2D eigenvalue weighted by molar-refractivity contribution is 6.02. The van der Waals surface area contributed by atoms with Gasteiger partial charge in [-0.15, -0.1) is 0 Å². The fourth-order valence-electron chi connectivity index (χ4n) is 7.49. The van der Waals surface area contributed by atoms with Crippen molar-refractivity contribution in [3.05, 3.63) is 65.4 Å². The van der Waals surface area contributed by atoms with Crippen molar-refractivity contribution in [2.45, 2.75) is 83.4 Å². The first-order valence-corrected chi connectivity index (χ1v) is 17.8. The van der Waals surface area contributed by atoms with Crippen LogP contribution in [-0.2, 0) is 26.9 Å². The molecule has 1 atom stereocenters. The number of rotatable bonds is 5. The Balaban J connectivity index is 0.000000191. The zero-order valence-electron chi connectivity index (χ0n) is 30.2. The maximum absolute atomic E-state index is 13.9. The lowest BCUT2D eigenvalue weighted by Crippen LogP contribution is -2.61. The first kappa shape index (κ1) is 36.7. The molecule has 4 aliphatic rings. The monoisotopic (exact) mass is 710 g/mol. The Morgan fingerprint density at radius 1 is 0.961 bits per heavy atom. The number of hydrogen-bond acceptors (Lipinski definition) is 9. The number of carbonyl (C=O) groups is 2. The standard InChI is InChI=1S/C23H32FNO6.C15H16FN3O/c1-6-28-20(29-7-2)18-19(26)16-14-15(24)8-9-17(16)30-23(18)10-12-25(13-11-23)21(27)31-22(3,4)5;1-19-9-12-14(18-19)11-8-10(16)2-3-13(11)20-15(12)4-6-17-7-5-15/h8-9,14,18,20H,6-7,10-13H2,1-5H3;2-3,8-9,17H,4-7H2,1H3. The number of hydrogen-bond donors (Lipinski definition) is 1. The number of amides is 1. The lowest BCUT2D eigenvalue weighted by atomic mass is 9.73. The van der Waals surface area contributed by atoms with Crippen molar-refractivity contribution in [1.82, 2.24) is 20.0 Å². The van der Waals surface area contributed by atoms with Crippen molar-refractivity contribution >= 4 is 11.9 Å². The molecule has 0 aliphatic carbocycles. The normalized spacial score (nSPS) is 20.1. The molecule has 276 valence electrons. The molecule has 0 saturated carbocycles. The number of aromatic nitrogens is 2. The van der Waals surface area contributed by atoms with E-state index in [0.29, 0.717) is 44.9 Å². The lowest BCUT2D eigenvalue weighted by molar-refractivity contribution is -0.198. The van der Waals surface area contributed by atoms with Gasteiger partial charge in [0, 0.05) is 76.4 Å². The number of benzene rings is 2. The summed E-state index contributed by atoms with van der Waals surface area (Å²) in [7, 11) is 1.89. The number of likely N-dealkylation sites (tertiary alicyclic amines) is 1. The van der Waals surface area contributed by atoms with E-state index in [-0.39, 0.29) is 22.8 Å². The predicted octanol–water partition coefficient (Wildman–Crippen LogP) is 6.38. The number of nitrogens with one attached hydrogen (secondary N) is 1. The zero-order valence-corrected chi connectivity index (χ0v) is 30.2. The number of fused-ring (bicyclic) bond motifs is 5. The minimum Gasteiger partial charge on any atom is -0.485 e. The number of halogens is 2. The van der Waals surface area contributed by atoms with Crippen LogP contribution in [0.1, 0.15) is 76.2 Å². The predicted molar refractivity (Wildman–Crippen MR) is 185 cm³/mol. The van der Waals surface area contributed by atoms with Gasteiger partial charge in [-0.05, 0) is 84.1 Å². The Hall–Kier alpha value is -4.07. The Morgan fingerprint density at radius 2 is 1.55 bits per heavy atom. The van der Waals surface area contributed by atoms with Gasteiger partial charge in [-0.3, -0.25) is 9.48 Å². The molecule has 4 aliphatic heterocycles. The number of carbonyl (C=O) groups excluding carboxylic acids is 2. The van der Waals surface area contributed by atoms with Gasteiger partial charge in [0.15, 0.2) is 12.1 Å². The van der Waals surface area contributed by atoms with E-state index in [1.807, 2.05) is 47.9 Å². The van der Waals surface area contributed by atoms with E-state index in [0.717, 1.165) is 48.5 Å². The van der Waals surface area contributed by atoms with Crippen molar-refractivity contribution in [1.29, 1.82) is 0 Å². The van der Waals surface area contributed by atoms with Gasteiger partial charge < -0.3 is 33.9 Å². The average Bonchev–Trinajstić information content (AvgIpc) is 3.49. The molecular weight excluding hydrogens is 662 g/mol. The number of ether oxygens (including phenoxy) is 5. The SMILES string of the molecule is CCOC(OCC)C1C(=O)c2cc(F)ccc2OC12CCN(C(=O)OC(C)(C)C)CC2.Cn1cc2c(n1)-c1cc(F)ccc1OC21CCNCC1. The molecule has 2 aromatic carbocycles. The summed E-state index contributed by atoms with van der Waals surface area (Å²) < 4.78 is 58.9. The Morgan fingerprint density at radius 3 is 2.14 bits per heavy atom. The molecule has 1 N–H and O–H groups in total. The van der Waals surface area contributed by atoms with Gasteiger partial charge in [-0.25, -0.2) is 13.6 Å². The van der Waals surface area contributed by atoms with E-state index in [1.54, 1.807) is 15.6 Å². The van der Waals surface area contributed by atoms with Crippen LogP contribution in [0.4, 0.5) is 13.6 Å². The molecule has 2 saturated heterocycles. The molecule has 0 radical (unpaired) electrons. The third kappa shape index (κ3) is 7.47. The molecular formula is C38H48F2N4O7. The summed E-state index contributed by atoms with van der Waals surface area (Å²) in [5, 5.41) is 7.89. The molecule has 7 rings (SSSR count). The highest BCUT2D eigenvalue weighted by Gasteiger charge is 2.56. The zero-order chi connectivity index (χ0) is 36.6. The van der Waals surface area contributed by atoms with E-state index in [1.165, 1.54) is 30.3 Å². The van der Waals surface area contributed by atoms with Crippen LogP contribution >= 0.6 is 0 Å². The maximum atomic E-state index is 13.9. The van der Waals surface area contributed by atoms with E-state index >= 15 is 0 Å². The molecule has 5 heterocycles. The van der Waals surface area contributed by atoms with Gasteiger partial charge in [-0.2, -0.15) is 5.10 Å². The number of ketones is 1. The number of nitrogens with zero attached hydrogens (tertiary/aromatic N) is 3. The van der Waals surface area contributed by atoms with Crippen LogP contribution < -0.4 is 14.8 Å². The summed E-state index contributed by atoms with van der Waals surface area (Å²) in [4.78, 5) is 27.7. The Bertz CT molecular complexity index is 1740.